The number of amides is 2. The standard InChI is InChI=1S/C17H24N2O3S/c1-22-16(20)9-12-23-15-8-6-7-14(13-15)18-17(21)19-10-4-2-3-5-11-19/h6-8,13H,2-5,9-12H2,1H3,(H,18,21). The monoisotopic (exact) mass is 336 g/mol. The van der Waals surface area contributed by atoms with Crippen LogP contribution in [0.5, 0.6) is 0 Å². The van der Waals surface area contributed by atoms with Gasteiger partial charge in [-0.05, 0) is 31.0 Å². The highest BCUT2D eigenvalue weighted by molar-refractivity contribution is 7.99. The van der Waals surface area contributed by atoms with E-state index in [4.69, 9.17) is 0 Å². The largest absolute Gasteiger partial charge is 0.469 e. The van der Waals surface area contributed by atoms with Crippen LogP contribution in [0.2, 0.25) is 0 Å². The minimum Gasteiger partial charge on any atom is -0.469 e. The zero-order valence-electron chi connectivity index (χ0n) is 13.5. The fourth-order valence-electron chi connectivity index (χ4n) is 2.49. The first-order chi connectivity index (χ1) is 11.2. The Morgan fingerprint density at radius 1 is 1.22 bits per heavy atom. The molecule has 1 heterocycles. The number of methoxy groups -OCH3 is 1. The van der Waals surface area contributed by atoms with Gasteiger partial charge in [-0.15, -0.1) is 11.8 Å². The molecule has 0 spiro atoms. The van der Waals surface area contributed by atoms with E-state index in [1.54, 1.807) is 11.8 Å². The number of carbonyl (C=O) groups is 2. The summed E-state index contributed by atoms with van der Waals surface area (Å²) in [4.78, 5) is 26.4. The van der Waals surface area contributed by atoms with Crippen LogP contribution in [-0.4, -0.2) is 42.9 Å². The van der Waals surface area contributed by atoms with Crippen molar-refractivity contribution in [2.24, 2.45) is 0 Å². The Morgan fingerprint density at radius 2 is 1.96 bits per heavy atom. The summed E-state index contributed by atoms with van der Waals surface area (Å²) in [5.41, 5.74) is 0.794. The number of anilines is 1. The summed E-state index contributed by atoms with van der Waals surface area (Å²) in [5.74, 6) is 0.457. The van der Waals surface area contributed by atoms with Gasteiger partial charge in [-0.2, -0.15) is 0 Å². The van der Waals surface area contributed by atoms with E-state index in [2.05, 4.69) is 10.1 Å². The van der Waals surface area contributed by atoms with Crippen LogP contribution in [0.1, 0.15) is 32.1 Å². The number of rotatable bonds is 5. The molecule has 0 radical (unpaired) electrons. The maximum Gasteiger partial charge on any atom is 0.321 e. The average molecular weight is 336 g/mol. The summed E-state index contributed by atoms with van der Waals surface area (Å²) in [7, 11) is 1.39. The Morgan fingerprint density at radius 3 is 2.65 bits per heavy atom. The molecule has 0 unspecified atom stereocenters. The number of likely N-dealkylation sites (tertiary alicyclic amines) is 1. The van der Waals surface area contributed by atoms with E-state index >= 15 is 0 Å². The second-order valence-corrected chi connectivity index (χ2v) is 6.70. The number of nitrogens with zero attached hydrogens (tertiary/aromatic N) is 1. The smallest absolute Gasteiger partial charge is 0.321 e. The zero-order valence-corrected chi connectivity index (χ0v) is 14.4. The van der Waals surface area contributed by atoms with Crippen LogP contribution in [-0.2, 0) is 9.53 Å². The van der Waals surface area contributed by atoms with Crippen LogP contribution in [0.3, 0.4) is 0 Å². The van der Waals surface area contributed by atoms with Crippen LogP contribution in [0, 0.1) is 0 Å². The fourth-order valence-corrected chi connectivity index (χ4v) is 3.38. The maximum atomic E-state index is 12.3. The molecule has 126 valence electrons. The molecule has 1 aliphatic rings. The molecule has 1 aromatic rings. The Bertz CT molecular complexity index is 528. The van der Waals surface area contributed by atoms with Crippen molar-refractivity contribution in [3.63, 3.8) is 0 Å². The van der Waals surface area contributed by atoms with Gasteiger partial charge < -0.3 is 15.0 Å². The number of thioether (sulfide) groups is 1. The molecule has 0 atom stereocenters. The van der Waals surface area contributed by atoms with Gasteiger partial charge in [0, 0.05) is 29.4 Å². The van der Waals surface area contributed by atoms with Crippen molar-refractivity contribution >= 4 is 29.4 Å². The van der Waals surface area contributed by atoms with Crippen LogP contribution in [0.4, 0.5) is 10.5 Å². The van der Waals surface area contributed by atoms with Crippen molar-refractivity contribution in [1.29, 1.82) is 0 Å². The fraction of sp³-hybridized carbons (Fsp3) is 0.529. The highest BCUT2D eigenvalue weighted by Gasteiger charge is 2.15. The molecule has 0 aliphatic carbocycles. The predicted octanol–water partition coefficient (Wildman–Crippen LogP) is 3.75. The Labute approximate surface area is 141 Å². The SMILES string of the molecule is COC(=O)CCSc1cccc(NC(=O)N2CCCCCC2)c1. The summed E-state index contributed by atoms with van der Waals surface area (Å²) in [6.45, 7) is 1.67. The number of ether oxygens (including phenoxy) is 1. The third kappa shape index (κ3) is 6.14. The van der Waals surface area contributed by atoms with Crippen molar-refractivity contribution in [2.75, 3.05) is 31.3 Å². The van der Waals surface area contributed by atoms with E-state index in [9.17, 15) is 9.59 Å². The van der Waals surface area contributed by atoms with Gasteiger partial charge in [0.05, 0.1) is 13.5 Å². The second-order valence-electron chi connectivity index (χ2n) is 5.53. The van der Waals surface area contributed by atoms with Crippen molar-refractivity contribution in [3.05, 3.63) is 24.3 Å². The topological polar surface area (TPSA) is 58.6 Å². The van der Waals surface area contributed by atoms with Gasteiger partial charge in [-0.25, -0.2) is 4.79 Å². The Hall–Kier alpha value is -1.69. The molecule has 2 rings (SSSR count). The lowest BCUT2D eigenvalue weighted by Crippen LogP contribution is -2.35. The molecule has 6 heteroatoms. The van der Waals surface area contributed by atoms with E-state index in [1.165, 1.54) is 20.0 Å². The number of hydrogen-bond donors (Lipinski definition) is 1. The molecule has 1 aromatic carbocycles. The van der Waals surface area contributed by atoms with Gasteiger partial charge in [-0.1, -0.05) is 18.9 Å². The minimum absolute atomic E-state index is 0.0244. The summed E-state index contributed by atoms with van der Waals surface area (Å²) in [6, 6.07) is 7.70. The number of esters is 1. The molecule has 5 nitrogen and oxygen atoms in total. The van der Waals surface area contributed by atoms with E-state index in [1.807, 2.05) is 29.2 Å². The van der Waals surface area contributed by atoms with Crippen LogP contribution < -0.4 is 5.32 Å². The van der Waals surface area contributed by atoms with Gasteiger partial charge in [0.25, 0.3) is 0 Å². The number of nitrogens with one attached hydrogen (secondary N) is 1. The van der Waals surface area contributed by atoms with E-state index < -0.39 is 0 Å². The van der Waals surface area contributed by atoms with Crippen LogP contribution in [0.25, 0.3) is 0 Å². The average Bonchev–Trinajstić information content (AvgIpc) is 2.84. The van der Waals surface area contributed by atoms with Crippen LogP contribution >= 0.6 is 11.8 Å². The molecule has 1 N–H and O–H groups in total. The molecule has 23 heavy (non-hydrogen) atoms. The lowest BCUT2D eigenvalue weighted by Gasteiger charge is -2.21. The summed E-state index contributed by atoms with van der Waals surface area (Å²) in [6.07, 6.45) is 4.95. The maximum absolute atomic E-state index is 12.3. The summed E-state index contributed by atoms with van der Waals surface area (Å²) >= 11 is 1.58. The molecule has 1 saturated heterocycles. The lowest BCUT2D eigenvalue weighted by molar-refractivity contribution is -0.140. The lowest BCUT2D eigenvalue weighted by atomic mass is 10.2. The summed E-state index contributed by atoms with van der Waals surface area (Å²) in [5, 5.41) is 2.97. The van der Waals surface area contributed by atoms with Crippen molar-refractivity contribution in [3.8, 4) is 0 Å². The molecule has 0 saturated carbocycles. The normalized spacial score (nSPS) is 14.9. The van der Waals surface area contributed by atoms with Gasteiger partial charge in [0.15, 0.2) is 0 Å². The van der Waals surface area contributed by atoms with Crippen LogP contribution in [0.15, 0.2) is 29.2 Å². The molecular weight excluding hydrogens is 312 g/mol. The number of carbonyl (C=O) groups excluding carboxylic acids is 2. The molecule has 0 aromatic heterocycles. The van der Waals surface area contributed by atoms with Gasteiger partial charge in [-0.3, -0.25) is 4.79 Å². The van der Waals surface area contributed by atoms with Crippen molar-refractivity contribution in [2.45, 2.75) is 37.0 Å². The van der Waals surface area contributed by atoms with Gasteiger partial charge in [0.2, 0.25) is 0 Å². The van der Waals surface area contributed by atoms with E-state index in [-0.39, 0.29) is 12.0 Å². The van der Waals surface area contributed by atoms with Crippen molar-refractivity contribution < 1.29 is 14.3 Å². The molecule has 1 aliphatic heterocycles. The second kappa shape index (κ2) is 9.45. The highest BCUT2D eigenvalue weighted by Crippen LogP contribution is 2.23. The number of benzene rings is 1. The van der Waals surface area contributed by atoms with E-state index in [0.29, 0.717) is 12.2 Å². The summed E-state index contributed by atoms with van der Waals surface area (Å²) < 4.78 is 4.63. The Kier molecular flexibility index (Phi) is 7.26. The number of urea groups is 1. The predicted molar refractivity (Wildman–Crippen MR) is 92.9 cm³/mol. The highest BCUT2D eigenvalue weighted by atomic mass is 32.2. The van der Waals surface area contributed by atoms with Gasteiger partial charge >= 0.3 is 12.0 Å². The third-order valence-corrected chi connectivity index (χ3v) is 4.78. The molecular formula is C17H24N2O3S. The first-order valence-electron chi connectivity index (χ1n) is 8.04. The Balaban J connectivity index is 1.86. The molecule has 2 amide bonds. The number of hydrogen-bond acceptors (Lipinski definition) is 4. The first-order valence-corrected chi connectivity index (χ1v) is 9.03. The quantitative estimate of drug-likeness (QED) is 0.657. The van der Waals surface area contributed by atoms with E-state index in [0.717, 1.165) is 36.5 Å². The zero-order chi connectivity index (χ0) is 16.5. The first kappa shape index (κ1) is 17.7. The molecule has 1 fully saturated rings. The molecule has 0 bridgehead atoms. The van der Waals surface area contributed by atoms with Gasteiger partial charge in [0.1, 0.15) is 0 Å². The van der Waals surface area contributed by atoms with Crippen molar-refractivity contribution in [1.82, 2.24) is 4.90 Å². The third-order valence-electron chi connectivity index (χ3n) is 3.78. The minimum atomic E-state index is -0.205.